The van der Waals surface area contributed by atoms with Gasteiger partial charge in [0.15, 0.2) is 0 Å². The van der Waals surface area contributed by atoms with Gasteiger partial charge < -0.3 is 16.0 Å². The Labute approximate surface area is 92.2 Å². The Kier molecular flexibility index (Phi) is 4.11. The molecule has 4 nitrogen and oxygen atoms in total. The molecule has 1 saturated carbocycles. The van der Waals surface area contributed by atoms with Gasteiger partial charge in [-0.2, -0.15) is 0 Å². The number of hydrogen-bond acceptors (Lipinski definition) is 3. The molecule has 1 rings (SSSR count). The molecule has 0 aromatic heterocycles. The molecule has 88 valence electrons. The zero-order valence-corrected chi connectivity index (χ0v) is 10.0. The van der Waals surface area contributed by atoms with Gasteiger partial charge in [0, 0.05) is 12.6 Å². The Morgan fingerprint density at radius 2 is 2.20 bits per heavy atom. The fourth-order valence-electron chi connectivity index (χ4n) is 1.78. The zero-order chi connectivity index (χ0) is 11.5. The highest BCUT2D eigenvalue weighted by Gasteiger charge is 2.32. The van der Waals surface area contributed by atoms with Gasteiger partial charge in [-0.25, -0.2) is 0 Å². The molecule has 0 spiro atoms. The number of likely N-dealkylation sites (N-methyl/N-ethyl adjacent to an activating group) is 1. The van der Waals surface area contributed by atoms with E-state index in [-0.39, 0.29) is 5.91 Å². The lowest BCUT2D eigenvalue weighted by Crippen LogP contribution is -2.53. The molecule has 1 aliphatic rings. The van der Waals surface area contributed by atoms with E-state index in [4.69, 9.17) is 5.73 Å². The maximum Gasteiger partial charge on any atom is 0.237 e. The van der Waals surface area contributed by atoms with E-state index in [1.165, 1.54) is 12.8 Å². The molecule has 1 amide bonds. The van der Waals surface area contributed by atoms with Crippen molar-refractivity contribution in [3.05, 3.63) is 0 Å². The van der Waals surface area contributed by atoms with Gasteiger partial charge in [-0.15, -0.1) is 0 Å². The Morgan fingerprint density at radius 3 is 2.53 bits per heavy atom. The smallest absolute Gasteiger partial charge is 0.237 e. The zero-order valence-electron chi connectivity index (χ0n) is 10.0. The lowest BCUT2D eigenvalue weighted by Gasteiger charge is -2.29. The summed E-state index contributed by atoms with van der Waals surface area (Å²) >= 11 is 0. The predicted molar refractivity (Wildman–Crippen MR) is 61.5 cm³/mol. The number of carbonyl (C=O) groups excluding carboxylic acids is 1. The average Bonchev–Trinajstić information content (AvgIpc) is 3.02. The maximum atomic E-state index is 11.3. The van der Waals surface area contributed by atoms with Crippen LogP contribution >= 0.6 is 0 Å². The van der Waals surface area contributed by atoms with Crippen LogP contribution in [0, 0.1) is 0 Å². The van der Waals surface area contributed by atoms with E-state index in [9.17, 15) is 4.79 Å². The Hall–Kier alpha value is -0.610. The van der Waals surface area contributed by atoms with Gasteiger partial charge in [-0.05, 0) is 39.8 Å². The first-order valence-electron chi connectivity index (χ1n) is 5.76. The topological polar surface area (TPSA) is 58.4 Å². The predicted octanol–water partition coefficient (Wildman–Crippen LogP) is 0.324. The molecule has 1 aliphatic carbocycles. The lowest BCUT2D eigenvalue weighted by molar-refractivity contribution is -0.124. The SMILES string of the molecule is CCN(CCC(C)(NC)C(N)=O)C1CC1. The summed E-state index contributed by atoms with van der Waals surface area (Å²) in [7, 11) is 1.79. The summed E-state index contributed by atoms with van der Waals surface area (Å²) in [5, 5.41) is 3.02. The van der Waals surface area contributed by atoms with E-state index >= 15 is 0 Å². The van der Waals surface area contributed by atoms with E-state index in [0.29, 0.717) is 0 Å². The quantitative estimate of drug-likeness (QED) is 0.640. The number of nitrogens with two attached hydrogens (primary N) is 1. The fraction of sp³-hybridized carbons (Fsp3) is 0.909. The number of nitrogens with one attached hydrogen (secondary N) is 1. The third kappa shape index (κ3) is 3.18. The van der Waals surface area contributed by atoms with E-state index < -0.39 is 5.54 Å². The highest BCUT2D eigenvalue weighted by molar-refractivity contribution is 5.84. The van der Waals surface area contributed by atoms with Crippen molar-refractivity contribution in [1.82, 2.24) is 10.2 Å². The van der Waals surface area contributed by atoms with Crippen molar-refractivity contribution in [3.63, 3.8) is 0 Å². The second-order valence-electron chi connectivity index (χ2n) is 4.56. The molecule has 0 aliphatic heterocycles. The first-order chi connectivity index (χ1) is 7.03. The summed E-state index contributed by atoms with van der Waals surface area (Å²) in [5.74, 6) is -0.267. The number of carbonyl (C=O) groups is 1. The molecular weight excluding hydrogens is 190 g/mol. The van der Waals surface area contributed by atoms with Gasteiger partial charge in [0.25, 0.3) is 0 Å². The van der Waals surface area contributed by atoms with Crippen LogP contribution in [0.4, 0.5) is 0 Å². The Bertz CT molecular complexity index is 228. The van der Waals surface area contributed by atoms with E-state index in [2.05, 4.69) is 17.1 Å². The molecule has 0 bridgehead atoms. The highest BCUT2D eigenvalue weighted by atomic mass is 16.1. The van der Waals surface area contributed by atoms with Crippen LogP contribution in [0.3, 0.4) is 0 Å². The van der Waals surface area contributed by atoms with Crippen molar-refractivity contribution >= 4 is 5.91 Å². The van der Waals surface area contributed by atoms with Crippen LogP contribution in [0.5, 0.6) is 0 Å². The van der Waals surface area contributed by atoms with Crippen molar-refractivity contribution in [1.29, 1.82) is 0 Å². The second kappa shape index (κ2) is 4.94. The molecule has 4 heteroatoms. The first-order valence-corrected chi connectivity index (χ1v) is 5.76. The number of hydrogen-bond donors (Lipinski definition) is 2. The van der Waals surface area contributed by atoms with Crippen LogP contribution in [0.2, 0.25) is 0 Å². The minimum absolute atomic E-state index is 0.267. The standard InChI is InChI=1S/C11H23N3O/c1-4-14(9-5-6-9)8-7-11(2,13-3)10(12)15/h9,13H,4-8H2,1-3H3,(H2,12,15). The second-order valence-corrected chi connectivity index (χ2v) is 4.56. The van der Waals surface area contributed by atoms with E-state index in [1.54, 1.807) is 7.05 Å². The third-order valence-electron chi connectivity index (χ3n) is 3.46. The number of nitrogens with zero attached hydrogens (tertiary/aromatic N) is 1. The molecular formula is C11H23N3O. The first kappa shape index (κ1) is 12.5. The van der Waals surface area contributed by atoms with Crippen LogP contribution in [0.1, 0.15) is 33.1 Å². The highest BCUT2D eigenvalue weighted by Crippen LogP contribution is 2.27. The minimum Gasteiger partial charge on any atom is -0.368 e. The average molecular weight is 213 g/mol. The van der Waals surface area contributed by atoms with Crippen LogP contribution in [-0.2, 0) is 4.79 Å². The fourth-order valence-corrected chi connectivity index (χ4v) is 1.78. The summed E-state index contributed by atoms with van der Waals surface area (Å²) < 4.78 is 0. The van der Waals surface area contributed by atoms with Crippen molar-refractivity contribution in [2.24, 2.45) is 5.73 Å². The van der Waals surface area contributed by atoms with Gasteiger partial charge in [0.1, 0.15) is 0 Å². The van der Waals surface area contributed by atoms with Crippen LogP contribution in [0.15, 0.2) is 0 Å². The molecule has 0 aromatic rings. The maximum absolute atomic E-state index is 11.3. The molecule has 0 saturated heterocycles. The largest absolute Gasteiger partial charge is 0.368 e. The summed E-state index contributed by atoms with van der Waals surface area (Å²) in [6.07, 6.45) is 3.39. The van der Waals surface area contributed by atoms with Crippen LogP contribution < -0.4 is 11.1 Å². The van der Waals surface area contributed by atoms with Crippen molar-refractivity contribution in [2.75, 3.05) is 20.1 Å². The lowest BCUT2D eigenvalue weighted by atomic mass is 9.97. The summed E-state index contributed by atoms with van der Waals surface area (Å²) in [6.45, 7) is 6.04. The van der Waals surface area contributed by atoms with Gasteiger partial charge in [0.2, 0.25) is 5.91 Å². The van der Waals surface area contributed by atoms with Crippen LogP contribution in [-0.4, -0.2) is 42.5 Å². The number of rotatable bonds is 7. The van der Waals surface area contributed by atoms with Gasteiger partial charge >= 0.3 is 0 Å². The summed E-state index contributed by atoms with van der Waals surface area (Å²) in [4.78, 5) is 13.7. The molecule has 1 unspecified atom stereocenters. The van der Waals surface area contributed by atoms with Crippen LogP contribution in [0.25, 0.3) is 0 Å². The molecule has 1 atom stereocenters. The molecule has 0 heterocycles. The summed E-state index contributed by atoms with van der Waals surface area (Å²) in [6, 6.07) is 0.754. The normalized spacial score (nSPS) is 20.3. The minimum atomic E-state index is -0.567. The third-order valence-corrected chi connectivity index (χ3v) is 3.46. The van der Waals surface area contributed by atoms with Crippen molar-refractivity contribution in [3.8, 4) is 0 Å². The van der Waals surface area contributed by atoms with Crippen molar-refractivity contribution in [2.45, 2.75) is 44.7 Å². The summed E-state index contributed by atoms with van der Waals surface area (Å²) in [5.41, 5.74) is 4.81. The van der Waals surface area contributed by atoms with Gasteiger partial charge in [0.05, 0.1) is 5.54 Å². The molecule has 0 radical (unpaired) electrons. The Morgan fingerprint density at radius 1 is 1.60 bits per heavy atom. The number of primary amides is 1. The van der Waals surface area contributed by atoms with Gasteiger partial charge in [-0.1, -0.05) is 6.92 Å². The van der Waals surface area contributed by atoms with E-state index in [1.807, 2.05) is 6.92 Å². The molecule has 0 aromatic carbocycles. The molecule has 3 N–H and O–H groups in total. The monoisotopic (exact) mass is 213 g/mol. The van der Waals surface area contributed by atoms with E-state index in [0.717, 1.165) is 25.6 Å². The molecule has 15 heavy (non-hydrogen) atoms. The Balaban J connectivity index is 2.41. The molecule has 1 fully saturated rings. The number of amides is 1. The van der Waals surface area contributed by atoms with Crippen molar-refractivity contribution < 1.29 is 4.79 Å². The van der Waals surface area contributed by atoms with Gasteiger partial charge in [-0.3, -0.25) is 4.79 Å².